The lowest BCUT2D eigenvalue weighted by Gasteiger charge is -2.13. The standard InChI is InChI=1S/C24H26N4O3S/c1-29-19-7-4-6-18(14-19)26-24-28(12-5-11-27-13-10-25-17-27)22(16-32-24)21-9-8-20(30-2)15-23(21)31-3/h4,6-10,13-17H,5,11-12H2,1-3H3. The van der Waals surface area contributed by atoms with E-state index >= 15 is 0 Å². The van der Waals surface area contributed by atoms with Crippen LogP contribution in [0.25, 0.3) is 11.3 Å². The van der Waals surface area contributed by atoms with Crippen molar-refractivity contribution in [3.8, 4) is 28.5 Å². The van der Waals surface area contributed by atoms with Crippen molar-refractivity contribution < 1.29 is 14.2 Å². The van der Waals surface area contributed by atoms with Crippen molar-refractivity contribution in [3.63, 3.8) is 0 Å². The molecular weight excluding hydrogens is 424 g/mol. The summed E-state index contributed by atoms with van der Waals surface area (Å²) in [5.41, 5.74) is 2.91. The first-order valence-corrected chi connectivity index (χ1v) is 11.1. The number of imidazole rings is 1. The molecule has 2 aromatic heterocycles. The molecule has 0 saturated carbocycles. The highest BCUT2D eigenvalue weighted by Crippen LogP contribution is 2.34. The molecule has 166 valence electrons. The molecule has 8 heteroatoms. The molecule has 7 nitrogen and oxygen atoms in total. The Balaban J connectivity index is 1.75. The lowest BCUT2D eigenvalue weighted by atomic mass is 10.1. The van der Waals surface area contributed by atoms with Crippen LogP contribution in [0.15, 0.2) is 71.6 Å². The Morgan fingerprint density at radius 3 is 2.56 bits per heavy atom. The minimum Gasteiger partial charge on any atom is -0.497 e. The Morgan fingerprint density at radius 1 is 0.969 bits per heavy atom. The molecular formula is C24H26N4O3S. The second-order valence-corrected chi connectivity index (χ2v) is 7.93. The zero-order valence-corrected chi connectivity index (χ0v) is 19.2. The normalized spacial score (nSPS) is 11.5. The molecule has 0 aliphatic heterocycles. The van der Waals surface area contributed by atoms with Gasteiger partial charge in [-0.3, -0.25) is 0 Å². The molecule has 0 unspecified atom stereocenters. The largest absolute Gasteiger partial charge is 0.497 e. The fourth-order valence-electron chi connectivity index (χ4n) is 3.48. The summed E-state index contributed by atoms with van der Waals surface area (Å²) in [6.45, 7) is 1.68. The molecule has 32 heavy (non-hydrogen) atoms. The Bertz CT molecular complexity index is 1230. The van der Waals surface area contributed by atoms with Gasteiger partial charge in [-0.1, -0.05) is 6.07 Å². The summed E-state index contributed by atoms with van der Waals surface area (Å²) in [6, 6.07) is 13.7. The molecule has 0 aliphatic rings. The summed E-state index contributed by atoms with van der Waals surface area (Å²) in [6.07, 6.45) is 6.55. The fourth-order valence-corrected chi connectivity index (χ4v) is 4.43. The average Bonchev–Trinajstić information content (AvgIpc) is 3.49. The van der Waals surface area contributed by atoms with Crippen LogP contribution in [0.3, 0.4) is 0 Å². The predicted octanol–water partition coefficient (Wildman–Crippen LogP) is 4.76. The van der Waals surface area contributed by atoms with E-state index in [4.69, 9.17) is 19.2 Å². The minimum atomic E-state index is 0.758. The zero-order chi connectivity index (χ0) is 22.3. The highest BCUT2D eigenvalue weighted by atomic mass is 32.1. The van der Waals surface area contributed by atoms with Gasteiger partial charge in [0.05, 0.1) is 39.0 Å². The number of nitrogens with zero attached hydrogens (tertiary/aromatic N) is 4. The molecule has 0 aliphatic carbocycles. The maximum Gasteiger partial charge on any atom is 0.190 e. The van der Waals surface area contributed by atoms with Gasteiger partial charge in [0.2, 0.25) is 0 Å². The molecule has 2 aromatic carbocycles. The first-order chi connectivity index (χ1) is 15.7. The van der Waals surface area contributed by atoms with Crippen LogP contribution in [0.5, 0.6) is 17.2 Å². The monoisotopic (exact) mass is 450 g/mol. The van der Waals surface area contributed by atoms with Gasteiger partial charge < -0.3 is 23.3 Å². The highest BCUT2D eigenvalue weighted by molar-refractivity contribution is 7.07. The summed E-state index contributed by atoms with van der Waals surface area (Å²) in [7, 11) is 4.99. The van der Waals surface area contributed by atoms with Gasteiger partial charge in [-0.05, 0) is 30.7 Å². The number of aryl methyl sites for hydroxylation is 1. The quantitative estimate of drug-likeness (QED) is 0.369. The van der Waals surface area contributed by atoms with Crippen LogP contribution in [0, 0.1) is 0 Å². The Kier molecular flexibility index (Phi) is 6.91. The van der Waals surface area contributed by atoms with Gasteiger partial charge in [-0.2, -0.15) is 0 Å². The molecule has 0 radical (unpaired) electrons. The van der Waals surface area contributed by atoms with Crippen LogP contribution < -0.4 is 19.0 Å². The van der Waals surface area contributed by atoms with Crippen LogP contribution in [0.4, 0.5) is 5.69 Å². The second kappa shape index (κ2) is 10.2. The third kappa shape index (κ3) is 4.86. The molecule has 0 amide bonds. The van der Waals surface area contributed by atoms with Crippen molar-refractivity contribution in [2.24, 2.45) is 4.99 Å². The molecule has 4 rings (SSSR count). The molecule has 0 N–H and O–H groups in total. The summed E-state index contributed by atoms with van der Waals surface area (Å²) >= 11 is 1.61. The number of thiazole rings is 1. The maximum absolute atomic E-state index is 5.67. The summed E-state index contributed by atoms with van der Waals surface area (Å²) in [4.78, 5) is 9.96. The second-order valence-electron chi connectivity index (χ2n) is 7.09. The van der Waals surface area contributed by atoms with E-state index in [1.54, 1.807) is 38.9 Å². The van der Waals surface area contributed by atoms with Gasteiger partial charge in [0.1, 0.15) is 17.2 Å². The summed E-state index contributed by atoms with van der Waals surface area (Å²) < 4.78 is 20.7. The first kappa shape index (κ1) is 21.7. The van der Waals surface area contributed by atoms with Gasteiger partial charge in [-0.25, -0.2) is 9.98 Å². The van der Waals surface area contributed by atoms with E-state index in [1.807, 2.05) is 55.0 Å². The van der Waals surface area contributed by atoms with Crippen molar-refractivity contribution >= 4 is 17.0 Å². The Labute approximate surface area is 191 Å². The van der Waals surface area contributed by atoms with Crippen LogP contribution in [0.2, 0.25) is 0 Å². The lowest BCUT2D eigenvalue weighted by molar-refractivity contribution is 0.395. The lowest BCUT2D eigenvalue weighted by Crippen LogP contribution is -2.17. The van der Waals surface area contributed by atoms with Gasteiger partial charge in [0.15, 0.2) is 4.80 Å². The number of ether oxygens (including phenoxy) is 3. The first-order valence-electron chi connectivity index (χ1n) is 10.3. The van der Waals surface area contributed by atoms with Gasteiger partial charge in [-0.15, -0.1) is 11.3 Å². The number of aromatic nitrogens is 3. The number of benzene rings is 2. The van der Waals surface area contributed by atoms with Crippen molar-refractivity contribution in [2.45, 2.75) is 19.5 Å². The summed E-state index contributed by atoms with van der Waals surface area (Å²) in [5, 5.41) is 2.13. The van der Waals surface area contributed by atoms with Crippen molar-refractivity contribution in [1.29, 1.82) is 0 Å². The van der Waals surface area contributed by atoms with E-state index in [9.17, 15) is 0 Å². The van der Waals surface area contributed by atoms with Crippen molar-refractivity contribution in [3.05, 3.63) is 71.4 Å². The molecule has 4 aromatic rings. The van der Waals surface area contributed by atoms with E-state index in [0.717, 1.165) is 58.5 Å². The molecule has 0 atom stereocenters. The average molecular weight is 451 g/mol. The van der Waals surface area contributed by atoms with Crippen LogP contribution >= 0.6 is 11.3 Å². The topological polar surface area (TPSA) is 62.8 Å². The molecule has 2 heterocycles. The Hall–Kier alpha value is -3.52. The third-order valence-corrected chi connectivity index (χ3v) is 5.98. The molecule has 0 saturated heterocycles. The molecule has 0 bridgehead atoms. The van der Waals surface area contributed by atoms with Crippen molar-refractivity contribution in [1.82, 2.24) is 14.1 Å². The van der Waals surface area contributed by atoms with E-state index in [2.05, 4.69) is 19.5 Å². The van der Waals surface area contributed by atoms with Gasteiger partial charge >= 0.3 is 0 Å². The number of hydrogen-bond acceptors (Lipinski definition) is 6. The molecule has 0 spiro atoms. The van der Waals surface area contributed by atoms with Crippen LogP contribution in [-0.4, -0.2) is 35.4 Å². The Morgan fingerprint density at radius 2 is 1.81 bits per heavy atom. The third-order valence-electron chi connectivity index (χ3n) is 5.12. The smallest absolute Gasteiger partial charge is 0.190 e. The van der Waals surface area contributed by atoms with E-state index < -0.39 is 0 Å². The van der Waals surface area contributed by atoms with Gasteiger partial charge in [0.25, 0.3) is 0 Å². The predicted molar refractivity (Wildman–Crippen MR) is 126 cm³/mol. The van der Waals surface area contributed by atoms with Crippen LogP contribution in [0.1, 0.15) is 6.42 Å². The zero-order valence-electron chi connectivity index (χ0n) is 18.4. The number of rotatable bonds is 9. The van der Waals surface area contributed by atoms with Crippen LogP contribution in [-0.2, 0) is 13.1 Å². The SMILES string of the molecule is COc1cccc(N=c2scc(-c3ccc(OC)cc3OC)n2CCCn2ccnc2)c1. The summed E-state index contributed by atoms with van der Waals surface area (Å²) in [5.74, 6) is 2.30. The maximum atomic E-state index is 5.67. The fraction of sp³-hybridized carbons (Fsp3) is 0.250. The molecule has 0 fully saturated rings. The minimum absolute atomic E-state index is 0.758. The number of methoxy groups -OCH3 is 3. The van der Waals surface area contributed by atoms with E-state index in [0.29, 0.717) is 0 Å². The number of hydrogen-bond donors (Lipinski definition) is 0. The van der Waals surface area contributed by atoms with Gasteiger partial charge in [0, 0.05) is 48.6 Å². The van der Waals surface area contributed by atoms with Crippen molar-refractivity contribution in [2.75, 3.05) is 21.3 Å². The highest BCUT2D eigenvalue weighted by Gasteiger charge is 2.14. The van der Waals surface area contributed by atoms with E-state index in [-0.39, 0.29) is 0 Å². The van der Waals surface area contributed by atoms with E-state index in [1.165, 1.54) is 0 Å².